The molecule has 0 aliphatic carbocycles. The molecule has 1 saturated heterocycles. The first-order valence-corrected chi connectivity index (χ1v) is 7.71. The highest BCUT2D eigenvalue weighted by molar-refractivity contribution is 5.63. The molecule has 1 aliphatic heterocycles. The Bertz CT molecular complexity index is 525. The SMILES string of the molecule is Cc1ccc(N(C)CCN2C[C@@H](C)O[C@@H](C)C2)c([N+](=O)[O-])c1. The van der Waals surface area contributed by atoms with E-state index in [1.807, 2.05) is 31.0 Å². The smallest absolute Gasteiger partial charge is 0.292 e. The molecular formula is C16H25N3O3. The lowest BCUT2D eigenvalue weighted by Crippen LogP contribution is -2.47. The van der Waals surface area contributed by atoms with Gasteiger partial charge in [0.15, 0.2) is 0 Å². The Balaban J connectivity index is 2.00. The first-order chi connectivity index (χ1) is 10.4. The van der Waals surface area contributed by atoms with Gasteiger partial charge in [-0.05, 0) is 32.4 Å². The molecule has 0 saturated carbocycles. The number of ether oxygens (including phenoxy) is 1. The number of nitro groups is 1. The van der Waals surface area contributed by atoms with E-state index in [0.717, 1.165) is 31.7 Å². The van der Waals surface area contributed by atoms with Crippen molar-refractivity contribution in [1.29, 1.82) is 0 Å². The van der Waals surface area contributed by atoms with E-state index in [2.05, 4.69) is 18.7 Å². The summed E-state index contributed by atoms with van der Waals surface area (Å²) in [6, 6.07) is 5.38. The van der Waals surface area contributed by atoms with E-state index < -0.39 is 0 Å². The molecule has 1 fully saturated rings. The van der Waals surface area contributed by atoms with Crippen LogP contribution in [0.2, 0.25) is 0 Å². The number of aryl methyl sites for hydroxylation is 1. The van der Waals surface area contributed by atoms with Crippen LogP contribution in [0.3, 0.4) is 0 Å². The maximum absolute atomic E-state index is 11.2. The third-order valence-electron chi connectivity index (χ3n) is 3.99. The lowest BCUT2D eigenvalue weighted by molar-refractivity contribution is -0.384. The third-order valence-corrected chi connectivity index (χ3v) is 3.99. The summed E-state index contributed by atoms with van der Waals surface area (Å²) in [6.45, 7) is 9.48. The molecule has 0 amide bonds. The molecular weight excluding hydrogens is 282 g/mol. The second-order valence-electron chi connectivity index (χ2n) is 6.19. The molecule has 0 spiro atoms. The second kappa shape index (κ2) is 7.07. The number of nitro benzene ring substituents is 1. The van der Waals surface area contributed by atoms with Crippen molar-refractivity contribution in [1.82, 2.24) is 4.90 Å². The van der Waals surface area contributed by atoms with Gasteiger partial charge in [-0.25, -0.2) is 0 Å². The highest BCUT2D eigenvalue weighted by Gasteiger charge is 2.23. The summed E-state index contributed by atoms with van der Waals surface area (Å²) in [4.78, 5) is 15.2. The van der Waals surface area contributed by atoms with E-state index >= 15 is 0 Å². The molecule has 0 bridgehead atoms. The van der Waals surface area contributed by atoms with Gasteiger partial charge >= 0.3 is 0 Å². The molecule has 0 radical (unpaired) electrons. The highest BCUT2D eigenvalue weighted by Crippen LogP contribution is 2.28. The Morgan fingerprint density at radius 2 is 2.00 bits per heavy atom. The molecule has 0 aromatic heterocycles. The molecule has 0 N–H and O–H groups in total. The van der Waals surface area contributed by atoms with Crippen LogP contribution in [0, 0.1) is 17.0 Å². The fourth-order valence-electron chi connectivity index (χ4n) is 2.98. The predicted octanol–water partition coefficient (Wildman–Crippen LogP) is 2.45. The van der Waals surface area contributed by atoms with Crippen LogP contribution in [0.25, 0.3) is 0 Å². The van der Waals surface area contributed by atoms with E-state index in [1.54, 1.807) is 6.07 Å². The minimum atomic E-state index is -0.308. The normalized spacial score (nSPS) is 22.5. The van der Waals surface area contributed by atoms with Crippen LogP contribution in [-0.4, -0.2) is 55.3 Å². The summed E-state index contributed by atoms with van der Waals surface area (Å²) in [5, 5.41) is 11.2. The summed E-state index contributed by atoms with van der Waals surface area (Å²) in [5.41, 5.74) is 1.75. The van der Waals surface area contributed by atoms with Gasteiger partial charge in [0.2, 0.25) is 0 Å². The first kappa shape index (κ1) is 16.7. The molecule has 1 aromatic rings. The lowest BCUT2D eigenvalue weighted by Gasteiger charge is -2.36. The van der Waals surface area contributed by atoms with E-state index in [1.165, 1.54) is 0 Å². The van der Waals surface area contributed by atoms with Crippen molar-refractivity contribution in [2.45, 2.75) is 33.0 Å². The van der Waals surface area contributed by atoms with Gasteiger partial charge in [-0.1, -0.05) is 6.07 Å². The minimum absolute atomic E-state index is 0.172. The van der Waals surface area contributed by atoms with Crippen LogP contribution in [0.15, 0.2) is 18.2 Å². The standard InChI is InChI=1S/C16H25N3O3/c1-12-5-6-15(16(9-12)19(20)21)17(4)7-8-18-10-13(2)22-14(3)11-18/h5-6,9,13-14H,7-8,10-11H2,1-4H3/t13-,14+. The van der Waals surface area contributed by atoms with E-state index in [-0.39, 0.29) is 22.8 Å². The van der Waals surface area contributed by atoms with Crippen molar-refractivity contribution in [3.8, 4) is 0 Å². The maximum Gasteiger partial charge on any atom is 0.292 e. The van der Waals surface area contributed by atoms with Crippen LogP contribution in [0.4, 0.5) is 11.4 Å². The summed E-state index contributed by atoms with van der Waals surface area (Å²) < 4.78 is 5.73. The van der Waals surface area contributed by atoms with Gasteiger partial charge in [0.25, 0.3) is 5.69 Å². The molecule has 6 heteroatoms. The fraction of sp³-hybridized carbons (Fsp3) is 0.625. The van der Waals surface area contributed by atoms with E-state index in [0.29, 0.717) is 5.69 Å². The quantitative estimate of drug-likeness (QED) is 0.618. The van der Waals surface area contributed by atoms with Crippen molar-refractivity contribution in [3.63, 3.8) is 0 Å². The molecule has 1 aliphatic rings. The Labute approximate surface area is 131 Å². The minimum Gasteiger partial charge on any atom is -0.373 e. The highest BCUT2D eigenvalue weighted by atomic mass is 16.6. The van der Waals surface area contributed by atoms with Gasteiger partial charge in [0.05, 0.1) is 17.1 Å². The fourth-order valence-corrected chi connectivity index (χ4v) is 2.98. The number of hydrogen-bond acceptors (Lipinski definition) is 5. The molecule has 1 heterocycles. The van der Waals surface area contributed by atoms with Crippen molar-refractivity contribution in [3.05, 3.63) is 33.9 Å². The zero-order chi connectivity index (χ0) is 16.3. The van der Waals surface area contributed by atoms with Gasteiger partial charge in [0.1, 0.15) is 5.69 Å². The molecule has 2 rings (SSSR count). The van der Waals surface area contributed by atoms with Crippen LogP contribution >= 0.6 is 0 Å². The maximum atomic E-state index is 11.2. The number of likely N-dealkylation sites (N-methyl/N-ethyl adjacent to an activating group) is 1. The van der Waals surface area contributed by atoms with Gasteiger partial charge < -0.3 is 9.64 Å². The topological polar surface area (TPSA) is 58.8 Å². The number of benzene rings is 1. The summed E-state index contributed by atoms with van der Waals surface area (Å²) in [6.07, 6.45) is 0.477. The number of hydrogen-bond donors (Lipinski definition) is 0. The summed E-state index contributed by atoms with van der Waals surface area (Å²) in [5.74, 6) is 0. The third kappa shape index (κ3) is 4.18. The Hall–Kier alpha value is -1.66. The molecule has 22 heavy (non-hydrogen) atoms. The first-order valence-electron chi connectivity index (χ1n) is 7.71. The van der Waals surface area contributed by atoms with Crippen molar-refractivity contribution in [2.75, 3.05) is 38.1 Å². The largest absolute Gasteiger partial charge is 0.373 e. The average molecular weight is 307 g/mol. The Kier molecular flexibility index (Phi) is 5.37. The number of morpholine rings is 1. The predicted molar refractivity (Wildman–Crippen MR) is 87.6 cm³/mol. The Morgan fingerprint density at radius 3 is 2.59 bits per heavy atom. The molecule has 122 valence electrons. The van der Waals surface area contributed by atoms with Crippen LogP contribution in [0.1, 0.15) is 19.4 Å². The van der Waals surface area contributed by atoms with Crippen molar-refractivity contribution < 1.29 is 9.66 Å². The van der Waals surface area contributed by atoms with Gasteiger partial charge in [-0.3, -0.25) is 15.0 Å². The molecule has 2 atom stereocenters. The Morgan fingerprint density at radius 1 is 1.36 bits per heavy atom. The van der Waals surface area contributed by atoms with Crippen LogP contribution < -0.4 is 4.90 Å². The van der Waals surface area contributed by atoms with Gasteiger partial charge in [-0.15, -0.1) is 0 Å². The second-order valence-corrected chi connectivity index (χ2v) is 6.19. The lowest BCUT2D eigenvalue weighted by atomic mass is 10.2. The van der Waals surface area contributed by atoms with Crippen molar-refractivity contribution >= 4 is 11.4 Å². The zero-order valence-electron chi connectivity index (χ0n) is 13.8. The summed E-state index contributed by atoms with van der Waals surface area (Å²) in [7, 11) is 1.91. The summed E-state index contributed by atoms with van der Waals surface area (Å²) >= 11 is 0. The number of rotatable bonds is 5. The number of nitrogens with zero attached hydrogens (tertiary/aromatic N) is 3. The zero-order valence-corrected chi connectivity index (χ0v) is 13.8. The average Bonchev–Trinajstić information content (AvgIpc) is 2.43. The van der Waals surface area contributed by atoms with Crippen molar-refractivity contribution in [2.24, 2.45) is 0 Å². The van der Waals surface area contributed by atoms with E-state index in [4.69, 9.17) is 4.74 Å². The number of anilines is 1. The van der Waals surface area contributed by atoms with Gasteiger partial charge in [-0.2, -0.15) is 0 Å². The molecule has 6 nitrogen and oxygen atoms in total. The monoisotopic (exact) mass is 307 g/mol. The molecule has 1 aromatic carbocycles. The van der Waals surface area contributed by atoms with E-state index in [9.17, 15) is 10.1 Å². The van der Waals surface area contributed by atoms with Crippen LogP contribution in [-0.2, 0) is 4.74 Å². The van der Waals surface area contributed by atoms with Gasteiger partial charge in [0, 0.05) is 39.3 Å². The molecule has 0 unspecified atom stereocenters. The van der Waals surface area contributed by atoms with Crippen LogP contribution in [0.5, 0.6) is 0 Å².